The molecule has 0 atom stereocenters. The van der Waals surface area contributed by atoms with Crippen LogP contribution >= 0.6 is 11.5 Å². The lowest BCUT2D eigenvalue weighted by Gasteiger charge is -2.42. The largest absolute Gasteiger partial charge is 0.430 e. The Bertz CT molecular complexity index is 787. The predicted octanol–water partition coefficient (Wildman–Crippen LogP) is 1.86. The first-order valence-corrected chi connectivity index (χ1v) is 8.41. The van der Waals surface area contributed by atoms with Crippen molar-refractivity contribution < 1.29 is 19.1 Å². The molecule has 1 aliphatic carbocycles. The Labute approximate surface area is 148 Å². The number of anilines is 1. The van der Waals surface area contributed by atoms with Gasteiger partial charge in [0.2, 0.25) is 11.8 Å². The van der Waals surface area contributed by atoms with Crippen LogP contribution in [0.15, 0.2) is 24.5 Å². The third kappa shape index (κ3) is 3.33. The minimum absolute atomic E-state index is 0.123. The fourth-order valence-corrected chi connectivity index (χ4v) is 3.18. The number of nitrogens with one attached hydrogen (secondary N) is 1. The molecule has 0 aliphatic heterocycles. The van der Waals surface area contributed by atoms with Gasteiger partial charge in [-0.1, -0.05) is 0 Å². The van der Waals surface area contributed by atoms with Crippen LogP contribution in [0.5, 0.6) is 10.9 Å². The number of hydrogen-bond acceptors (Lipinski definition) is 7. The number of hydrogen-bond donors (Lipinski definition) is 2. The average molecular weight is 362 g/mol. The lowest BCUT2D eigenvalue weighted by atomic mass is 9.65. The summed E-state index contributed by atoms with van der Waals surface area (Å²) in [6.07, 6.45) is 1.88. The predicted molar refractivity (Wildman–Crippen MR) is 91.5 cm³/mol. The van der Waals surface area contributed by atoms with Crippen molar-refractivity contribution in [2.45, 2.75) is 25.9 Å². The van der Waals surface area contributed by atoms with Crippen molar-refractivity contribution in [1.29, 1.82) is 0 Å². The van der Waals surface area contributed by atoms with E-state index in [4.69, 9.17) is 15.2 Å². The van der Waals surface area contributed by atoms with Crippen LogP contribution in [-0.2, 0) is 14.3 Å². The topological polar surface area (TPSA) is 116 Å². The Kier molecular flexibility index (Phi) is 4.69. The summed E-state index contributed by atoms with van der Waals surface area (Å²) in [5.41, 5.74) is 5.61. The number of nitrogens with zero attached hydrogens (tertiary/aromatic N) is 2. The Morgan fingerprint density at radius 2 is 2.16 bits per heavy atom. The normalized spacial score (nSPS) is 22.1. The summed E-state index contributed by atoms with van der Waals surface area (Å²) in [6, 6.07) is 5.18. The van der Waals surface area contributed by atoms with Crippen molar-refractivity contribution in [3.8, 4) is 10.9 Å². The van der Waals surface area contributed by atoms with Gasteiger partial charge in [-0.2, -0.15) is 9.36 Å². The second-order valence-corrected chi connectivity index (χ2v) is 6.70. The molecule has 25 heavy (non-hydrogen) atoms. The Balaban J connectivity index is 1.71. The first kappa shape index (κ1) is 17.3. The number of benzene rings is 1. The average Bonchev–Trinajstić information content (AvgIpc) is 3.02. The molecule has 2 amide bonds. The second-order valence-electron chi connectivity index (χ2n) is 5.96. The molecule has 3 rings (SSSR count). The van der Waals surface area contributed by atoms with Gasteiger partial charge in [-0.25, -0.2) is 0 Å². The summed E-state index contributed by atoms with van der Waals surface area (Å²) in [5, 5.41) is 3.20. The molecular weight excluding hydrogens is 344 g/mol. The molecule has 1 aliphatic rings. The molecule has 0 radical (unpaired) electrons. The van der Waals surface area contributed by atoms with Gasteiger partial charge in [0.1, 0.15) is 17.5 Å². The SMILES string of the molecule is COC1CC(C(N)=O)(C(=O)Nc2ccc(Oc3ncns3)c(C)c2)C1. The molecule has 0 spiro atoms. The molecule has 132 valence electrons. The van der Waals surface area contributed by atoms with Crippen LogP contribution in [-0.4, -0.2) is 34.4 Å². The zero-order valence-electron chi connectivity index (χ0n) is 13.8. The summed E-state index contributed by atoms with van der Waals surface area (Å²) in [4.78, 5) is 28.3. The van der Waals surface area contributed by atoms with Crippen LogP contribution in [0.3, 0.4) is 0 Å². The molecule has 1 saturated carbocycles. The third-order valence-corrected chi connectivity index (χ3v) is 4.91. The molecule has 1 aromatic heterocycles. The quantitative estimate of drug-likeness (QED) is 0.758. The molecule has 1 aromatic carbocycles. The Hall–Kier alpha value is -2.52. The smallest absolute Gasteiger partial charge is 0.298 e. The fourth-order valence-electron chi connectivity index (χ4n) is 2.78. The van der Waals surface area contributed by atoms with E-state index >= 15 is 0 Å². The van der Waals surface area contributed by atoms with E-state index in [1.165, 1.54) is 6.33 Å². The molecule has 0 unspecified atom stereocenters. The maximum absolute atomic E-state index is 12.6. The number of nitrogens with two attached hydrogens (primary N) is 1. The minimum Gasteiger partial charge on any atom is -0.430 e. The maximum atomic E-state index is 12.6. The highest BCUT2D eigenvalue weighted by atomic mass is 32.1. The fraction of sp³-hybridized carbons (Fsp3) is 0.375. The van der Waals surface area contributed by atoms with Gasteiger partial charge in [-0.3, -0.25) is 9.59 Å². The van der Waals surface area contributed by atoms with E-state index in [-0.39, 0.29) is 6.10 Å². The van der Waals surface area contributed by atoms with Gasteiger partial charge >= 0.3 is 0 Å². The molecule has 0 bridgehead atoms. The van der Waals surface area contributed by atoms with Crippen molar-refractivity contribution in [1.82, 2.24) is 9.36 Å². The number of ether oxygens (including phenoxy) is 2. The maximum Gasteiger partial charge on any atom is 0.298 e. The highest BCUT2D eigenvalue weighted by molar-refractivity contribution is 7.07. The van der Waals surface area contributed by atoms with Gasteiger partial charge in [-0.05, 0) is 43.5 Å². The highest BCUT2D eigenvalue weighted by Crippen LogP contribution is 2.43. The van der Waals surface area contributed by atoms with Gasteiger partial charge in [0, 0.05) is 24.3 Å². The summed E-state index contributed by atoms with van der Waals surface area (Å²) in [6.45, 7) is 1.85. The first-order valence-electron chi connectivity index (χ1n) is 7.64. The number of aryl methyl sites for hydroxylation is 1. The number of rotatable bonds is 6. The van der Waals surface area contributed by atoms with Crippen molar-refractivity contribution in [2.24, 2.45) is 11.1 Å². The van der Waals surface area contributed by atoms with Crippen LogP contribution in [0, 0.1) is 12.3 Å². The first-order chi connectivity index (χ1) is 11.9. The van der Waals surface area contributed by atoms with E-state index in [9.17, 15) is 9.59 Å². The van der Waals surface area contributed by atoms with Crippen molar-refractivity contribution in [3.05, 3.63) is 30.1 Å². The Morgan fingerprint density at radius 3 is 2.72 bits per heavy atom. The van der Waals surface area contributed by atoms with Crippen LogP contribution < -0.4 is 15.8 Å². The van der Waals surface area contributed by atoms with Crippen LogP contribution in [0.2, 0.25) is 0 Å². The monoisotopic (exact) mass is 362 g/mol. The summed E-state index contributed by atoms with van der Waals surface area (Å²) >= 11 is 1.14. The van der Waals surface area contributed by atoms with E-state index in [0.717, 1.165) is 17.1 Å². The molecular formula is C16H18N4O4S. The molecule has 1 fully saturated rings. The number of amides is 2. The lowest BCUT2D eigenvalue weighted by Crippen LogP contribution is -2.57. The van der Waals surface area contributed by atoms with Gasteiger partial charge in [0.25, 0.3) is 5.19 Å². The van der Waals surface area contributed by atoms with Gasteiger partial charge in [0.15, 0.2) is 0 Å². The number of aromatic nitrogens is 2. The van der Waals surface area contributed by atoms with Gasteiger partial charge in [0.05, 0.1) is 6.10 Å². The standard InChI is InChI=1S/C16H18N4O4S/c1-9-5-10(3-4-12(9)24-15-18-8-19-25-15)20-14(22)16(13(17)21)6-11(7-16)23-2/h3-5,8,11H,6-7H2,1-2H3,(H2,17,21)(H,20,22). The number of carbonyl (C=O) groups excluding carboxylic acids is 2. The second kappa shape index (κ2) is 6.77. The van der Waals surface area contributed by atoms with E-state index in [2.05, 4.69) is 14.7 Å². The molecule has 8 nitrogen and oxygen atoms in total. The van der Waals surface area contributed by atoms with E-state index in [1.807, 2.05) is 6.92 Å². The highest BCUT2D eigenvalue weighted by Gasteiger charge is 2.55. The zero-order valence-corrected chi connectivity index (χ0v) is 14.6. The summed E-state index contributed by atoms with van der Waals surface area (Å²) in [7, 11) is 1.55. The third-order valence-electron chi connectivity index (χ3n) is 4.36. The van der Waals surface area contributed by atoms with Crippen LogP contribution in [0.1, 0.15) is 18.4 Å². The van der Waals surface area contributed by atoms with Gasteiger partial charge in [-0.15, -0.1) is 0 Å². The van der Waals surface area contributed by atoms with Crippen molar-refractivity contribution >= 4 is 29.0 Å². The van der Waals surface area contributed by atoms with Gasteiger partial charge < -0.3 is 20.5 Å². The number of methoxy groups -OCH3 is 1. The molecule has 2 aromatic rings. The van der Waals surface area contributed by atoms with Crippen LogP contribution in [0.25, 0.3) is 0 Å². The minimum atomic E-state index is -1.21. The van der Waals surface area contributed by atoms with Crippen LogP contribution in [0.4, 0.5) is 5.69 Å². The molecule has 1 heterocycles. The lowest BCUT2D eigenvalue weighted by molar-refractivity contribution is -0.154. The zero-order chi connectivity index (χ0) is 18.0. The molecule has 0 saturated heterocycles. The van der Waals surface area contributed by atoms with Crippen molar-refractivity contribution in [3.63, 3.8) is 0 Å². The molecule has 9 heteroatoms. The van der Waals surface area contributed by atoms with E-state index in [1.54, 1.807) is 25.3 Å². The summed E-state index contributed by atoms with van der Waals surface area (Å²) in [5.74, 6) is -0.431. The van der Waals surface area contributed by atoms with E-state index < -0.39 is 17.2 Å². The number of carbonyl (C=O) groups is 2. The van der Waals surface area contributed by atoms with E-state index in [0.29, 0.717) is 29.5 Å². The molecule has 3 N–H and O–H groups in total. The van der Waals surface area contributed by atoms with Crippen molar-refractivity contribution in [2.75, 3.05) is 12.4 Å². The summed E-state index contributed by atoms with van der Waals surface area (Å²) < 4.78 is 14.7. The number of primary amides is 1. The Morgan fingerprint density at radius 1 is 1.40 bits per heavy atom.